The van der Waals surface area contributed by atoms with Crippen LogP contribution in [0.2, 0.25) is 0 Å². The van der Waals surface area contributed by atoms with Gasteiger partial charge in [0.2, 0.25) is 5.82 Å². The smallest absolute Gasteiger partial charge is 0.200 e. The summed E-state index contributed by atoms with van der Waals surface area (Å²) in [6.07, 6.45) is 16.8. The Morgan fingerprint density at radius 2 is 1.62 bits per heavy atom. The van der Waals surface area contributed by atoms with E-state index in [0.29, 0.717) is 24.5 Å². The number of halogens is 2. The lowest BCUT2D eigenvalue weighted by Gasteiger charge is -2.42. The third-order valence-corrected chi connectivity index (χ3v) is 7.09. The van der Waals surface area contributed by atoms with Gasteiger partial charge in [-0.2, -0.15) is 4.39 Å². The van der Waals surface area contributed by atoms with Crippen LogP contribution >= 0.6 is 0 Å². The van der Waals surface area contributed by atoms with E-state index in [2.05, 4.69) is 13.8 Å². The first kappa shape index (κ1) is 22.3. The van der Waals surface area contributed by atoms with Gasteiger partial charge in [-0.1, -0.05) is 57.7 Å². The van der Waals surface area contributed by atoms with Gasteiger partial charge in [0.15, 0.2) is 11.6 Å². The summed E-state index contributed by atoms with van der Waals surface area (Å²) >= 11 is 0. The molecule has 0 saturated heterocycles. The van der Waals surface area contributed by atoms with E-state index in [1.807, 2.05) is 12.2 Å². The lowest BCUT2D eigenvalue weighted by atomic mass is 9.64. The normalized spacial score (nSPS) is 27.2. The van der Waals surface area contributed by atoms with Crippen LogP contribution in [0.1, 0.15) is 83.6 Å². The van der Waals surface area contributed by atoms with Crippen molar-refractivity contribution in [3.8, 4) is 5.75 Å². The van der Waals surface area contributed by atoms with Crippen LogP contribution in [0.25, 0.3) is 0 Å². The van der Waals surface area contributed by atoms with Crippen molar-refractivity contribution in [3.05, 3.63) is 41.5 Å². The van der Waals surface area contributed by atoms with Crippen LogP contribution in [0.3, 0.4) is 0 Å². The highest BCUT2D eigenvalue weighted by Gasteiger charge is 2.35. The standard InChI is InChI=1S/C26H38F2O/c1-3-5-6-7-9-21-14-15-24(26(28)25(21)27)29-18-20-11-13-22-16-19(8-4-2)10-12-23(22)17-20/h6-7,14-15,19-20,22-23H,3-5,8-13,16-18H2,1-2H3/b7-6-. The fourth-order valence-corrected chi connectivity index (χ4v) is 5.45. The molecule has 0 aromatic heterocycles. The molecule has 0 heterocycles. The van der Waals surface area contributed by atoms with E-state index >= 15 is 0 Å². The first-order chi connectivity index (χ1) is 14.1. The molecule has 0 aliphatic heterocycles. The zero-order chi connectivity index (χ0) is 20.6. The number of hydrogen-bond acceptors (Lipinski definition) is 1. The molecule has 2 fully saturated rings. The Bertz CT molecular complexity index is 669. The number of rotatable bonds is 9. The minimum atomic E-state index is -0.833. The minimum Gasteiger partial charge on any atom is -0.490 e. The average molecular weight is 405 g/mol. The second-order valence-corrected chi connectivity index (χ2v) is 9.29. The molecule has 2 aliphatic rings. The number of fused-ring (bicyclic) bond motifs is 1. The summed E-state index contributed by atoms with van der Waals surface area (Å²) in [6, 6.07) is 3.26. The summed E-state index contributed by atoms with van der Waals surface area (Å²) in [4.78, 5) is 0. The van der Waals surface area contributed by atoms with Crippen molar-refractivity contribution in [1.29, 1.82) is 0 Å². The highest BCUT2D eigenvalue weighted by Crippen LogP contribution is 2.45. The predicted molar refractivity (Wildman–Crippen MR) is 116 cm³/mol. The molecule has 0 N–H and O–H groups in total. The van der Waals surface area contributed by atoms with E-state index in [0.717, 1.165) is 37.0 Å². The third-order valence-electron chi connectivity index (χ3n) is 7.09. The predicted octanol–water partition coefficient (Wildman–Crippen LogP) is 7.88. The fraction of sp³-hybridized carbons (Fsp3) is 0.692. The molecule has 0 bridgehead atoms. The lowest BCUT2D eigenvalue weighted by Crippen LogP contribution is -2.33. The molecular formula is C26H38F2O. The Kier molecular flexibility index (Phi) is 8.56. The maximum Gasteiger partial charge on any atom is 0.200 e. The molecule has 29 heavy (non-hydrogen) atoms. The van der Waals surface area contributed by atoms with Crippen LogP contribution in [-0.4, -0.2) is 6.61 Å². The Morgan fingerprint density at radius 1 is 0.897 bits per heavy atom. The summed E-state index contributed by atoms with van der Waals surface area (Å²) in [6.45, 7) is 4.90. The Hall–Kier alpha value is -1.38. The monoisotopic (exact) mass is 404 g/mol. The van der Waals surface area contributed by atoms with Crippen molar-refractivity contribution in [2.45, 2.75) is 84.5 Å². The van der Waals surface area contributed by atoms with Gasteiger partial charge in [-0.15, -0.1) is 0 Å². The maximum absolute atomic E-state index is 14.5. The van der Waals surface area contributed by atoms with E-state index in [9.17, 15) is 8.78 Å². The molecule has 2 aliphatic carbocycles. The number of unbranched alkanes of at least 4 members (excludes halogenated alkanes) is 1. The number of benzene rings is 1. The molecule has 2 saturated carbocycles. The van der Waals surface area contributed by atoms with E-state index in [-0.39, 0.29) is 5.75 Å². The largest absolute Gasteiger partial charge is 0.490 e. The Labute approximate surface area is 175 Å². The Balaban J connectivity index is 1.50. The molecule has 4 unspecified atom stereocenters. The molecule has 1 aromatic rings. The highest BCUT2D eigenvalue weighted by atomic mass is 19.2. The molecular weight excluding hydrogens is 366 g/mol. The molecule has 4 atom stereocenters. The van der Waals surface area contributed by atoms with Gasteiger partial charge in [0.1, 0.15) is 0 Å². The first-order valence-corrected chi connectivity index (χ1v) is 11.9. The quantitative estimate of drug-likeness (QED) is 0.380. The molecule has 162 valence electrons. The second-order valence-electron chi connectivity index (χ2n) is 9.29. The summed E-state index contributed by atoms with van der Waals surface area (Å²) in [5.41, 5.74) is 0.395. The van der Waals surface area contributed by atoms with Crippen LogP contribution in [0.4, 0.5) is 8.78 Å². The minimum absolute atomic E-state index is 0.0672. The van der Waals surface area contributed by atoms with E-state index < -0.39 is 11.6 Å². The maximum atomic E-state index is 14.5. The lowest BCUT2D eigenvalue weighted by molar-refractivity contribution is 0.0739. The van der Waals surface area contributed by atoms with E-state index in [4.69, 9.17) is 4.74 Å². The summed E-state index contributed by atoms with van der Waals surface area (Å²) in [5, 5.41) is 0. The van der Waals surface area contributed by atoms with Crippen LogP contribution in [-0.2, 0) is 6.42 Å². The van der Waals surface area contributed by atoms with Gasteiger partial charge >= 0.3 is 0 Å². The Morgan fingerprint density at radius 3 is 2.34 bits per heavy atom. The topological polar surface area (TPSA) is 9.23 Å². The first-order valence-electron chi connectivity index (χ1n) is 11.9. The van der Waals surface area contributed by atoms with Crippen molar-refractivity contribution >= 4 is 0 Å². The average Bonchev–Trinajstić information content (AvgIpc) is 2.73. The zero-order valence-electron chi connectivity index (χ0n) is 18.3. The van der Waals surface area contributed by atoms with E-state index in [1.54, 1.807) is 12.1 Å². The summed E-state index contributed by atoms with van der Waals surface area (Å²) < 4.78 is 34.6. The van der Waals surface area contributed by atoms with Gasteiger partial charge < -0.3 is 4.74 Å². The van der Waals surface area contributed by atoms with Gasteiger partial charge in [-0.3, -0.25) is 0 Å². The van der Waals surface area contributed by atoms with Crippen LogP contribution in [0.15, 0.2) is 24.3 Å². The van der Waals surface area contributed by atoms with Gasteiger partial charge in [0.25, 0.3) is 0 Å². The van der Waals surface area contributed by atoms with Crippen molar-refractivity contribution in [3.63, 3.8) is 0 Å². The van der Waals surface area contributed by atoms with Crippen LogP contribution < -0.4 is 4.74 Å². The van der Waals surface area contributed by atoms with Crippen LogP contribution in [0, 0.1) is 35.3 Å². The van der Waals surface area contributed by atoms with Gasteiger partial charge in [0.05, 0.1) is 6.61 Å². The van der Waals surface area contributed by atoms with Crippen molar-refractivity contribution < 1.29 is 13.5 Å². The number of allylic oxidation sites excluding steroid dienone is 2. The molecule has 3 heteroatoms. The van der Waals surface area contributed by atoms with E-state index in [1.165, 1.54) is 44.9 Å². The van der Waals surface area contributed by atoms with Gasteiger partial charge in [-0.25, -0.2) is 4.39 Å². The third kappa shape index (κ3) is 6.06. The second kappa shape index (κ2) is 11.1. The SMILES string of the molecule is CCC/C=C\Cc1ccc(OCC2CCC3CC(CCC)CCC3C2)c(F)c1F. The van der Waals surface area contributed by atoms with Gasteiger partial charge in [0, 0.05) is 0 Å². The summed E-state index contributed by atoms with van der Waals surface area (Å²) in [7, 11) is 0. The molecule has 0 spiro atoms. The van der Waals surface area contributed by atoms with Gasteiger partial charge in [-0.05, 0) is 80.2 Å². The van der Waals surface area contributed by atoms with Crippen molar-refractivity contribution in [1.82, 2.24) is 0 Å². The van der Waals surface area contributed by atoms with Crippen molar-refractivity contribution in [2.24, 2.45) is 23.7 Å². The molecule has 0 radical (unpaired) electrons. The fourth-order valence-electron chi connectivity index (χ4n) is 5.45. The highest BCUT2D eigenvalue weighted by molar-refractivity contribution is 5.32. The number of ether oxygens (including phenoxy) is 1. The molecule has 1 aromatic carbocycles. The summed E-state index contributed by atoms with van der Waals surface area (Å²) in [5.74, 6) is 1.56. The zero-order valence-corrected chi connectivity index (χ0v) is 18.3. The molecule has 0 amide bonds. The molecule has 3 rings (SSSR count). The molecule has 1 nitrogen and oxygen atoms in total. The van der Waals surface area contributed by atoms with Crippen LogP contribution in [0.5, 0.6) is 5.75 Å². The van der Waals surface area contributed by atoms with Crippen molar-refractivity contribution in [2.75, 3.05) is 6.61 Å². The number of hydrogen-bond donors (Lipinski definition) is 0.